The lowest BCUT2D eigenvalue weighted by Gasteiger charge is -2.10. The Kier molecular flexibility index (Phi) is 6.47. The number of nitrogens with one attached hydrogen (secondary N) is 2. The summed E-state index contributed by atoms with van der Waals surface area (Å²) in [5, 5.41) is 13.5. The minimum atomic E-state index is -0.860. The molecule has 2 amide bonds. The Labute approximate surface area is 82.9 Å². The molecule has 0 spiro atoms. The summed E-state index contributed by atoms with van der Waals surface area (Å²) in [6, 6.07) is -0.312. The molecule has 0 aliphatic rings. The van der Waals surface area contributed by atoms with Crippen molar-refractivity contribution in [2.75, 3.05) is 19.6 Å². The molecule has 0 aromatic carbocycles. The summed E-state index contributed by atoms with van der Waals surface area (Å²) in [7, 11) is 0. The lowest BCUT2D eigenvalue weighted by atomic mass is 10.1. The van der Waals surface area contributed by atoms with Crippen LogP contribution < -0.4 is 16.4 Å². The van der Waals surface area contributed by atoms with Crippen molar-refractivity contribution in [1.29, 1.82) is 0 Å². The van der Waals surface area contributed by atoms with Gasteiger partial charge in [0.05, 0.1) is 0 Å². The van der Waals surface area contributed by atoms with Gasteiger partial charge < -0.3 is 21.5 Å². The molecule has 0 fully saturated rings. The van der Waals surface area contributed by atoms with Crippen LogP contribution in [0.15, 0.2) is 0 Å². The maximum absolute atomic E-state index is 11.0. The number of nitrogens with two attached hydrogens (primary N) is 1. The van der Waals surface area contributed by atoms with Gasteiger partial charge in [0.25, 0.3) is 0 Å². The second-order valence-corrected chi connectivity index (χ2v) is 3.13. The number of carboxylic acids is 1. The molecular formula is C8H17N3O3. The van der Waals surface area contributed by atoms with E-state index in [0.29, 0.717) is 19.6 Å². The van der Waals surface area contributed by atoms with E-state index in [1.807, 2.05) is 0 Å². The first-order valence-electron chi connectivity index (χ1n) is 4.49. The zero-order valence-electron chi connectivity index (χ0n) is 8.25. The normalized spacial score (nSPS) is 11.9. The van der Waals surface area contributed by atoms with Crippen molar-refractivity contribution in [3.8, 4) is 0 Å². The maximum atomic E-state index is 11.0. The Morgan fingerprint density at radius 2 is 2.07 bits per heavy atom. The highest BCUT2D eigenvalue weighted by Crippen LogP contribution is 1.98. The number of carboxylic acid groups (broad SMARTS) is 1. The second-order valence-electron chi connectivity index (χ2n) is 3.13. The van der Waals surface area contributed by atoms with Crippen LogP contribution >= 0.6 is 0 Å². The van der Waals surface area contributed by atoms with E-state index < -0.39 is 5.97 Å². The van der Waals surface area contributed by atoms with Crippen LogP contribution in [-0.2, 0) is 4.79 Å². The minimum absolute atomic E-state index is 0.0527. The highest BCUT2D eigenvalue weighted by molar-refractivity contribution is 5.74. The van der Waals surface area contributed by atoms with E-state index in [-0.39, 0.29) is 18.4 Å². The fourth-order valence-corrected chi connectivity index (χ4v) is 0.885. The summed E-state index contributed by atoms with van der Waals surface area (Å²) >= 11 is 0. The summed E-state index contributed by atoms with van der Waals surface area (Å²) in [4.78, 5) is 21.2. The Morgan fingerprint density at radius 3 is 2.57 bits per heavy atom. The van der Waals surface area contributed by atoms with Crippen LogP contribution in [0, 0.1) is 5.92 Å². The molecule has 0 saturated heterocycles. The maximum Gasteiger partial charge on any atom is 0.314 e. The third-order valence-electron chi connectivity index (χ3n) is 1.56. The number of urea groups is 1. The zero-order chi connectivity index (χ0) is 11.0. The van der Waals surface area contributed by atoms with Crippen molar-refractivity contribution in [1.82, 2.24) is 10.6 Å². The van der Waals surface area contributed by atoms with E-state index in [1.54, 1.807) is 6.92 Å². The fourth-order valence-electron chi connectivity index (χ4n) is 0.885. The predicted molar refractivity (Wildman–Crippen MR) is 51.9 cm³/mol. The van der Waals surface area contributed by atoms with Crippen molar-refractivity contribution in [3.63, 3.8) is 0 Å². The minimum Gasteiger partial charge on any atom is -0.481 e. The average Bonchev–Trinajstić information content (AvgIpc) is 2.10. The smallest absolute Gasteiger partial charge is 0.314 e. The van der Waals surface area contributed by atoms with Gasteiger partial charge in [0.15, 0.2) is 0 Å². The van der Waals surface area contributed by atoms with E-state index in [0.717, 1.165) is 0 Å². The van der Waals surface area contributed by atoms with Crippen LogP contribution in [0.4, 0.5) is 4.79 Å². The van der Waals surface area contributed by atoms with Gasteiger partial charge >= 0.3 is 12.0 Å². The summed E-state index contributed by atoms with van der Waals surface area (Å²) in [5.74, 6) is -0.933. The van der Waals surface area contributed by atoms with Gasteiger partial charge in [-0.3, -0.25) is 4.79 Å². The monoisotopic (exact) mass is 203 g/mol. The first-order valence-corrected chi connectivity index (χ1v) is 4.49. The molecule has 0 rings (SSSR count). The van der Waals surface area contributed by atoms with E-state index >= 15 is 0 Å². The van der Waals surface area contributed by atoms with Crippen LogP contribution in [0.25, 0.3) is 0 Å². The molecule has 0 aliphatic carbocycles. The molecule has 0 aromatic heterocycles. The van der Waals surface area contributed by atoms with E-state index in [4.69, 9.17) is 10.8 Å². The molecule has 0 bridgehead atoms. The Hall–Kier alpha value is -1.30. The van der Waals surface area contributed by atoms with Crippen molar-refractivity contribution >= 4 is 12.0 Å². The highest BCUT2D eigenvalue weighted by atomic mass is 16.4. The van der Waals surface area contributed by atoms with E-state index in [9.17, 15) is 9.59 Å². The highest BCUT2D eigenvalue weighted by Gasteiger charge is 2.08. The van der Waals surface area contributed by atoms with Gasteiger partial charge in [0, 0.05) is 26.1 Å². The zero-order valence-corrected chi connectivity index (χ0v) is 8.25. The van der Waals surface area contributed by atoms with Crippen LogP contribution in [0.3, 0.4) is 0 Å². The molecule has 1 unspecified atom stereocenters. The number of amides is 2. The number of carbonyl (C=O) groups excluding carboxylic acids is 1. The van der Waals surface area contributed by atoms with Crippen LogP contribution in [0.1, 0.15) is 13.3 Å². The molecule has 14 heavy (non-hydrogen) atoms. The summed E-state index contributed by atoms with van der Waals surface area (Å²) in [6.45, 7) is 2.91. The third kappa shape index (κ3) is 7.35. The number of hydrogen-bond donors (Lipinski definition) is 4. The lowest BCUT2D eigenvalue weighted by molar-refractivity contribution is -0.137. The predicted octanol–water partition coefficient (Wildman–Crippen LogP) is -0.645. The quantitative estimate of drug-likeness (QED) is 0.460. The molecule has 6 nitrogen and oxygen atoms in total. The van der Waals surface area contributed by atoms with Gasteiger partial charge in [0.1, 0.15) is 0 Å². The largest absolute Gasteiger partial charge is 0.481 e. The first kappa shape index (κ1) is 12.7. The van der Waals surface area contributed by atoms with E-state index in [1.165, 1.54) is 0 Å². The van der Waals surface area contributed by atoms with Gasteiger partial charge in [-0.1, -0.05) is 6.92 Å². The lowest BCUT2D eigenvalue weighted by Crippen LogP contribution is -2.40. The molecule has 82 valence electrons. The molecule has 0 saturated carbocycles. The van der Waals surface area contributed by atoms with Gasteiger partial charge in [0.2, 0.25) is 0 Å². The standard InChI is InChI=1S/C8H17N3O3/c1-6(4-7(12)13)5-11-8(14)10-3-2-9/h6H,2-5,9H2,1H3,(H,12,13)(H2,10,11,14). The molecule has 0 radical (unpaired) electrons. The molecule has 6 heteroatoms. The van der Waals surface area contributed by atoms with Gasteiger partial charge in [-0.05, 0) is 5.92 Å². The van der Waals surface area contributed by atoms with Crippen molar-refractivity contribution in [3.05, 3.63) is 0 Å². The molecule has 1 atom stereocenters. The molecule has 0 aromatic rings. The summed E-state index contributed by atoms with van der Waals surface area (Å²) in [6.07, 6.45) is 0.0527. The van der Waals surface area contributed by atoms with Crippen molar-refractivity contribution in [2.24, 2.45) is 11.7 Å². The number of aliphatic carboxylic acids is 1. The fraction of sp³-hybridized carbons (Fsp3) is 0.750. The third-order valence-corrected chi connectivity index (χ3v) is 1.56. The number of hydrogen-bond acceptors (Lipinski definition) is 3. The first-order chi connectivity index (χ1) is 6.56. The molecule has 5 N–H and O–H groups in total. The molecular weight excluding hydrogens is 186 g/mol. The van der Waals surface area contributed by atoms with Crippen LogP contribution in [-0.4, -0.2) is 36.7 Å². The Balaban J connectivity index is 3.50. The molecule has 0 aliphatic heterocycles. The van der Waals surface area contributed by atoms with Crippen molar-refractivity contribution in [2.45, 2.75) is 13.3 Å². The topological polar surface area (TPSA) is 104 Å². The number of rotatable bonds is 6. The summed E-state index contributed by atoms with van der Waals surface area (Å²) < 4.78 is 0. The molecule has 0 heterocycles. The van der Waals surface area contributed by atoms with Crippen LogP contribution in [0.2, 0.25) is 0 Å². The second kappa shape index (κ2) is 7.14. The van der Waals surface area contributed by atoms with E-state index in [2.05, 4.69) is 10.6 Å². The van der Waals surface area contributed by atoms with Gasteiger partial charge in [-0.2, -0.15) is 0 Å². The number of carbonyl (C=O) groups is 2. The van der Waals surface area contributed by atoms with Gasteiger partial charge in [-0.15, -0.1) is 0 Å². The van der Waals surface area contributed by atoms with Gasteiger partial charge in [-0.25, -0.2) is 4.79 Å². The SMILES string of the molecule is CC(CNC(=O)NCCN)CC(=O)O. The Morgan fingerprint density at radius 1 is 1.43 bits per heavy atom. The van der Waals surface area contributed by atoms with Crippen LogP contribution in [0.5, 0.6) is 0 Å². The Bertz CT molecular complexity index is 196. The summed E-state index contributed by atoms with van der Waals surface area (Å²) in [5.41, 5.74) is 5.18. The van der Waals surface area contributed by atoms with Crippen molar-refractivity contribution < 1.29 is 14.7 Å². The average molecular weight is 203 g/mol.